The number of ether oxygens (including phenoxy) is 1. The lowest BCUT2D eigenvalue weighted by Crippen LogP contribution is -2.30. The van der Waals surface area contributed by atoms with Crippen LogP contribution in [0.1, 0.15) is 25.5 Å². The number of aliphatic hydroxyl groups is 1. The third kappa shape index (κ3) is 5.26. The monoisotopic (exact) mass is 241 g/mol. The third-order valence-corrected chi connectivity index (χ3v) is 2.45. The maximum absolute atomic E-state index is 12.9. The molecular formula is C13H20FNO2. The lowest BCUT2D eigenvalue weighted by atomic mass is 10.1. The van der Waals surface area contributed by atoms with Crippen molar-refractivity contribution in [3.63, 3.8) is 0 Å². The first kappa shape index (κ1) is 14.1. The van der Waals surface area contributed by atoms with E-state index in [4.69, 9.17) is 4.74 Å². The van der Waals surface area contributed by atoms with Crippen molar-refractivity contribution in [1.82, 2.24) is 5.32 Å². The Hall–Kier alpha value is -0.970. The summed E-state index contributed by atoms with van der Waals surface area (Å²) in [7, 11) is 0. The van der Waals surface area contributed by atoms with Crippen molar-refractivity contribution < 1.29 is 14.2 Å². The average molecular weight is 241 g/mol. The molecule has 1 aromatic carbocycles. The molecule has 17 heavy (non-hydrogen) atoms. The van der Waals surface area contributed by atoms with Gasteiger partial charge in [-0.1, -0.05) is 12.1 Å². The Morgan fingerprint density at radius 2 is 2.18 bits per heavy atom. The van der Waals surface area contributed by atoms with E-state index in [1.165, 1.54) is 12.1 Å². The van der Waals surface area contributed by atoms with Gasteiger partial charge < -0.3 is 15.2 Å². The highest BCUT2D eigenvalue weighted by Gasteiger charge is 2.08. The standard InChI is InChI=1S/C13H20FNO2/c1-3-17-10(2)8-15-9-13(16)11-5-4-6-12(14)7-11/h4-7,10,13,15-16H,3,8-9H2,1-2H3. The molecule has 0 aromatic heterocycles. The topological polar surface area (TPSA) is 41.5 Å². The van der Waals surface area contributed by atoms with Crippen LogP contribution in [0.15, 0.2) is 24.3 Å². The molecule has 0 aliphatic heterocycles. The Balaban J connectivity index is 2.32. The summed E-state index contributed by atoms with van der Waals surface area (Å²) in [6, 6.07) is 6.01. The smallest absolute Gasteiger partial charge is 0.123 e. The van der Waals surface area contributed by atoms with Crippen molar-refractivity contribution >= 4 is 0 Å². The molecule has 0 fully saturated rings. The Morgan fingerprint density at radius 1 is 1.41 bits per heavy atom. The number of hydrogen-bond donors (Lipinski definition) is 2. The number of nitrogens with one attached hydrogen (secondary N) is 1. The minimum absolute atomic E-state index is 0.111. The van der Waals surface area contributed by atoms with Crippen LogP contribution in [-0.2, 0) is 4.74 Å². The maximum atomic E-state index is 12.9. The quantitative estimate of drug-likeness (QED) is 0.765. The lowest BCUT2D eigenvalue weighted by molar-refractivity contribution is 0.0723. The molecule has 0 saturated heterocycles. The van der Waals surface area contributed by atoms with Crippen LogP contribution >= 0.6 is 0 Å². The predicted molar refractivity (Wildman–Crippen MR) is 65.3 cm³/mol. The van der Waals surface area contributed by atoms with E-state index in [0.717, 1.165) is 0 Å². The second-order valence-corrected chi connectivity index (χ2v) is 4.00. The lowest BCUT2D eigenvalue weighted by Gasteiger charge is -2.15. The van der Waals surface area contributed by atoms with E-state index >= 15 is 0 Å². The molecule has 0 bridgehead atoms. The Labute approximate surface area is 102 Å². The fourth-order valence-corrected chi connectivity index (χ4v) is 1.60. The molecule has 2 atom stereocenters. The van der Waals surface area contributed by atoms with Gasteiger partial charge in [-0.05, 0) is 31.5 Å². The minimum atomic E-state index is -0.695. The number of halogens is 1. The van der Waals surface area contributed by atoms with Crippen LogP contribution in [0.2, 0.25) is 0 Å². The second-order valence-electron chi connectivity index (χ2n) is 4.00. The fraction of sp³-hybridized carbons (Fsp3) is 0.538. The highest BCUT2D eigenvalue weighted by molar-refractivity contribution is 5.18. The van der Waals surface area contributed by atoms with Crippen LogP contribution < -0.4 is 5.32 Å². The Morgan fingerprint density at radius 3 is 2.82 bits per heavy atom. The Bertz CT molecular complexity index is 333. The van der Waals surface area contributed by atoms with E-state index in [0.29, 0.717) is 25.3 Å². The number of benzene rings is 1. The van der Waals surface area contributed by atoms with Crippen molar-refractivity contribution in [2.75, 3.05) is 19.7 Å². The second kappa shape index (κ2) is 7.37. The third-order valence-electron chi connectivity index (χ3n) is 2.45. The van der Waals surface area contributed by atoms with E-state index in [1.54, 1.807) is 12.1 Å². The molecule has 0 radical (unpaired) electrons. The molecule has 0 saturated carbocycles. The molecule has 4 heteroatoms. The van der Waals surface area contributed by atoms with Crippen LogP contribution in [0.5, 0.6) is 0 Å². The molecule has 1 aromatic rings. The van der Waals surface area contributed by atoms with Crippen LogP contribution in [-0.4, -0.2) is 30.9 Å². The van der Waals surface area contributed by atoms with Gasteiger partial charge in [0.2, 0.25) is 0 Å². The largest absolute Gasteiger partial charge is 0.387 e. The summed E-state index contributed by atoms with van der Waals surface area (Å²) in [5, 5.41) is 12.9. The number of rotatable bonds is 7. The van der Waals surface area contributed by atoms with Crippen LogP contribution in [0.4, 0.5) is 4.39 Å². The number of hydrogen-bond acceptors (Lipinski definition) is 3. The van der Waals surface area contributed by atoms with E-state index in [9.17, 15) is 9.50 Å². The Kier molecular flexibility index (Phi) is 6.11. The van der Waals surface area contributed by atoms with Crippen molar-refractivity contribution in [3.05, 3.63) is 35.6 Å². The molecule has 0 heterocycles. The zero-order valence-electron chi connectivity index (χ0n) is 10.3. The maximum Gasteiger partial charge on any atom is 0.123 e. The van der Waals surface area contributed by atoms with E-state index in [-0.39, 0.29) is 11.9 Å². The molecule has 0 aliphatic rings. The first-order valence-electron chi connectivity index (χ1n) is 5.89. The molecule has 0 spiro atoms. The van der Waals surface area contributed by atoms with Gasteiger partial charge in [-0.3, -0.25) is 0 Å². The normalized spacial score (nSPS) is 14.6. The highest BCUT2D eigenvalue weighted by atomic mass is 19.1. The van der Waals surface area contributed by atoms with Gasteiger partial charge in [0.05, 0.1) is 12.2 Å². The van der Waals surface area contributed by atoms with Gasteiger partial charge >= 0.3 is 0 Å². The fourth-order valence-electron chi connectivity index (χ4n) is 1.60. The summed E-state index contributed by atoms with van der Waals surface area (Å²) in [4.78, 5) is 0. The van der Waals surface area contributed by atoms with Crippen LogP contribution in [0.25, 0.3) is 0 Å². The van der Waals surface area contributed by atoms with Gasteiger partial charge in [0.15, 0.2) is 0 Å². The predicted octanol–water partition coefficient (Wildman–Crippen LogP) is 1.87. The van der Waals surface area contributed by atoms with Crippen LogP contribution in [0, 0.1) is 5.82 Å². The summed E-state index contributed by atoms with van der Waals surface area (Å²) in [5.74, 6) is -0.329. The van der Waals surface area contributed by atoms with E-state index in [2.05, 4.69) is 5.32 Å². The summed E-state index contributed by atoms with van der Waals surface area (Å²) in [6.07, 6.45) is -0.584. The van der Waals surface area contributed by atoms with Crippen LogP contribution in [0.3, 0.4) is 0 Å². The first-order valence-corrected chi connectivity index (χ1v) is 5.89. The van der Waals surface area contributed by atoms with Gasteiger partial charge in [0.1, 0.15) is 5.82 Å². The summed E-state index contributed by atoms with van der Waals surface area (Å²) < 4.78 is 18.3. The molecule has 0 amide bonds. The first-order chi connectivity index (χ1) is 8.13. The average Bonchev–Trinajstić information content (AvgIpc) is 2.29. The van der Waals surface area contributed by atoms with Gasteiger partial charge in [-0.25, -0.2) is 4.39 Å². The van der Waals surface area contributed by atoms with Crippen molar-refractivity contribution in [1.29, 1.82) is 0 Å². The summed E-state index contributed by atoms with van der Waals surface area (Å²) >= 11 is 0. The van der Waals surface area contributed by atoms with Crippen molar-refractivity contribution in [3.8, 4) is 0 Å². The molecule has 3 nitrogen and oxygen atoms in total. The highest BCUT2D eigenvalue weighted by Crippen LogP contribution is 2.12. The van der Waals surface area contributed by atoms with Crippen molar-refractivity contribution in [2.45, 2.75) is 26.1 Å². The summed E-state index contributed by atoms with van der Waals surface area (Å²) in [6.45, 7) is 5.64. The SMILES string of the molecule is CCOC(C)CNCC(O)c1cccc(F)c1. The van der Waals surface area contributed by atoms with Crippen molar-refractivity contribution in [2.24, 2.45) is 0 Å². The molecule has 1 rings (SSSR count). The van der Waals surface area contributed by atoms with E-state index in [1.807, 2.05) is 13.8 Å². The summed E-state index contributed by atoms with van der Waals surface area (Å²) in [5.41, 5.74) is 0.585. The molecule has 0 aliphatic carbocycles. The zero-order chi connectivity index (χ0) is 12.7. The minimum Gasteiger partial charge on any atom is -0.387 e. The number of aliphatic hydroxyl groups excluding tert-OH is 1. The molecular weight excluding hydrogens is 221 g/mol. The van der Waals surface area contributed by atoms with Gasteiger partial charge in [0, 0.05) is 19.7 Å². The van der Waals surface area contributed by atoms with E-state index < -0.39 is 6.10 Å². The molecule has 2 N–H and O–H groups in total. The van der Waals surface area contributed by atoms with Gasteiger partial charge in [-0.2, -0.15) is 0 Å². The molecule has 96 valence electrons. The van der Waals surface area contributed by atoms with Gasteiger partial charge in [0.25, 0.3) is 0 Å². The van der Waals surface area contributed by atoms with Gasteiger partial charge in [-0.15, -0.1) is 0 Å². The zero-order valence-corrected chi connectivity index (χ0v) is 10.3. The molecule has 2 unspecified atom stereocenters.